The van der Waals surface area contributed by atoms with E-state index in [0.29, 0.717) is 28.3 Å². The van der Waals surface area contributed by atoms with Crippen molar-refractivity contribution >= 4 is 10.9 Å². The fourth-order valence-corrected chi connectivity index (χ4v) is 2.60. The van der Waals surface area contributed by atoms with Crippen molar-refractivity contribution in [3.8, 4) is 28.4 Å². The fraction of sp³-hybridized carbons (Fsp3) is 0.167. The Hall–Kier alpha value is -2.95. The molecule has 0 radical (unpaired) electrons. The minimum absolute atomic E-state index is 0.186. The van der Waals surface area contributed by atoms with Crippen LogP contribution < -0.4 is 19.8 Å². The summed E-state index contributed by atoms with van der Waals surface area (Å²) in [6.07, 6.45) is 0. The van der Waals surface area contributed by atoms with Crippen LogP contribution in [0.3, 0.4) is 0 Å². The van der Waals surface area contributed by atoms with E-state index < -0.39 is 0 Å². The number of aromatic amines is 1. The Morgan fingerprint density at radius 1 is 0.783 bits per heavy atom. The van der Waals surface area contributed by atoms with Crippen LogP contribution in [0.1, 0.15) is 0 Å². The van der Waals surface area contributed by atoms with Crippen molar-refractivity contribution in [1.82, 2.24) is 4.98 Å². The molecule has 0 bridgehead atoms. The number of benzene rings is 2. The molecule has 1 N–H and O–H groups in total. The van der Waals surface area contributed by atoms with Crippen LogP contribution in [0.15, 0.2) is 47.3 Å². The summed E-state index contributed by atoms with van der Waals surface area (Å²) in [6, 6.07) is 12.8. The van der Waals surface area contributed by atoms with Gasteiger partial charge in [-0.3, -0.25) is 4.79 Å². The minimum atomic E-state index is -0.186. The molecule has 5 nitrogen and oxygen atoms in total. The van der Waals surface area contributed by atoms with Crippen molar-refractivity contribution in [1.29, 1.82) is 0 Å². The van der Waals surface area contributed by atoms with Gasteiger partial charge in [-0.2, -0.15) is 0 Å². The Labute approximate surface area is 133 Å². The second-order valence-corrected chi connectivity index (χ2v) is 5.01. The largest absolute Gasteiger partial charge is 0.496 e. The number of fused-ring (bicyclic) bond motifs is 1. The highest BCUT2D eigenvalue weighted by atomic mass is 16.5. The third-order valence-corrected chi connectivity index (χ3v) is 3.75. The summed E-state index contributed by atoms with van der Waals surface area (Å²) in [4.78, 5) is 15.4. The van der Waals surface area contributed by atoms with Gasteiger partial charge in [-0.15, -0.1) is 0 Å². The molecule has 0 unspecified atom stereocenters. The van der Waals surface area contributed by atoms with E-state index in [1.807, 2.05) is 36.4 Å². The third-order valence-electron chi connectivity index (χ3n) is 3.75. The average molecular weight is 311 g/mol. The Bertz CT molecular complexity index is 915. The Kier molecular flexibility index (Phi) is 3.93. The third kappa shape index (κ3) is 2.61. The molecule has 0 aliphatic rings. The van der Waals surface area contributed by atoms with E-state index in [9.17, 15) is 4.79 Å². The van der Waals surface area contributed by atoms with Crippen molar-refractivity contribution in [3.05, 3.63) is 52.8 Å². The second kappa shape index (κ2) is 6.04. The summed E-state index contributed by atoms with van der Waals surface area (Å²) in [5, 5.41) is 0.850. The lowest BCUT2D eigenvalue weighted by Crippen LogP contribution is -2.09. The Morgan fingerprint density at radius 2 is 1.43 bits per heavy atom. The summed E-state index contributed by atoms with van der Waals surface area (Å²) in [6.45, 7) is 0. The van der Waals surface area contributed by atoms with Crippen molar-refractivity contribution in [3.63, 3.8) is 0 Å². The highest BCUT2D eigenvalue weighted by Crippen LogP contribution is 2.33. The zero-order chi connectivity index (χ0) is 16.4. The summed E-state index contributed by atoms with van der Waals surface area (Å²) >= 11 is 0. The van der Waals surface area contributed by atoms with Gasteiger partial charge in [0.15, 0.2) is 11.5 Å². The van der Waals surface area contributed by atoms with E-state index in [0.717, 1.165) is 10.9 Å². The maximum Gasteiger partial charge on any atom is 0.256 e. The lowest BCUT2D eigenvalue weighted by atomic mass is 10.0. The van der Waals surface area contributed by atoms with Crippen LogP contribution in [0.2, 0.25) is 0 Å². The summed E-state index contributed by atoms with van der Waals surface area (Å²) in [5.74, 6) is 1.83. The molecular formula is C18H17NO4. The maximum atomic E-state index is 12.5. The summed E-state index contributed by atoms with van der Waals surface area (Å²) in [5.41, 5.74) is 1.79. The van der Waals surface area contributed by atoms with Gasteiger partial charge in [-0.05, 0) is 18.2 Å². The summed E-state index contributed by atoms with van der Waals surface area (Å²) < 4.78 is 15.9. The molecule has 0 amide bonds. The molecule has 23 heavy (non-hydrogen) atoms. The van der Waals surface area contributed by atoms with Crippen LogP contribution >= 0.6 is 0 Å². The predicted molar refractivity (Wildman–Crippen MR) is 89.7 cm³/mol. The first-order valence-corrected chi connectivity index (χ1v) is 7.10. The van der Waals surface area contributed by atoms with Gasteiger partial charge in [0.2, 0.25) is 0 Å². The molecule has 5 heteroatoms. The van der Waals surface area contributed by atoms with E-state index in [2.05, 4.69) is 4.98 Å². The molecule has 0 atom stereocenters. The van der Waals surface area contributed by atoms with Gasteiger partial charge in [-0.25, -0.2) is 0 Å². The molecule has 2 aromatic carbocycles. The SMILES string of the molecule is COc1cc2cc(-c3ccccc3OC)c(=O)[nH]c2cc1OC. The van der Waals surface area contributed by atoms with Crippen LogP contribution in [-0.2, 0) is 0 Å². The number of H-pyrrole nitrogens is 1. The van der Waals surface area contributed by atoms with Gasteiger partial charge in [-0.1, -0.05) is 18.2 Å². The van der Waals surface area contributed by atoms with Crippen molar-refractivity contribution in [2.75, 3.05) is 21.3 Å². The van der Waals surface area contributed by atoms with Gasteiger partial charge in [0, 0.05) is 17.0 Å². The number of hydrogen-bond donors (Lipinski definition) is 1. The van der Waals surface area contributed by atoms with Crippen molar-refractivity contribution in [2.24, 2.45) is 0 Å². The number of pyridine rings is 1. The second-order valence-electron chi connectivity index (χ2n) is 5.01. The number of ether oxygens (including phenoxy) is 3. The molecule has 0 saturated heterocycles. The molecule has 0 spiro atoms. The van der Waals surface area contributed by atoms with Crippen LogP contribution in [0, 0.1) is 0 Å². The van der Waals surface area contributed by atoms with Crippen LogP contribution in [-0.4, -0.2) is 26.3 Å². The quantitative estimate of drug-likeness (QED) is 0.803. The monoisotopic (exact) mass is 311 g/mol. The molecule has 0 fully saturated rings. The maximum absolute atomic E-state index is 12.5. The molecule has 1 aromatic heterocycles. The number of rotatable bonds is 4. The van der Waals surface area contributed by atoms with E-state index in [1.54, 1.807) is 27.4 Å². The van der Waals surface area contributed by atoms with Gasteiger partial charge in [0.1, 0.15) is 5.75 Å². The van der Waals surface area contributed by atoms with E-state index in [-0.39, 0.29) is 5.56 Å². The number of nitrogens with one attached hydrogen (secondary N) is 1. The molecule has 0 aliphatic carbocycles. The Balaban J connectivity index is 2.27. The Morgan fingerprint density at radius 3 is 2.13 bits per heavy atom. The van der Waals surface area contributed by atoms with Crippen LogP contribution in [0.5, 0.6) is 17.2 Å². The first kappa shape index (κ1) is 15.0. The van der Waals surface area contributed by atoms with Crippen molar-refractivity contribution in [2.45, 2.75) is 0 Å². The molecule has 118 valence electrons. The lowest BCUT2D eigenvalue weighted by molar-refractivity contribution is 0.356. The van der Waals surface area contributed by atoms with Crippen LogP contribution in [0.4, 0.5) is 0 Å². The predicted octanol–water partition coefficient (Wildman–Crippen LogP) is 3.22. The van der Waals surface area contributed by atoms with Gasteiger partial charge in [0.25, 0.3) is 5.56 Å². The molecule has 0 saturated carbocycles. The number of methoxy groups -OCH3 is 3. The number of hydrogen-bond acceptors (Lipinski definition) is 4. The zero-order valence-electron chi connectivity index (χ0n) is 13.2. The highest BCUT2D eigenvalue weighted by Gasteiger charge is 2.12. The molecule has 1 heterocycles. The molecule has 3 aromatic rings. The first-order chi connectivity index (χ1) is 11.2. The smallest absolute Gasteiger partial charge is 0.256 e. The average Bonchev–Trinajstić information content (AvgIpc) is 2.60. The van der Waals surface area contributed by atoms with E-state index in [1.165, 1.54) is 0 Å². The number of para-hydroxylation sites is 1. The molecule has 3 rings (SSSR count). The van der Waals surface area contributed by atoms with Gasteiger partial charge < -0.3 is 19.2 Å². The zero-order valence-corrected chi connectivity index (χ0v) is 13.2. The van der Waals surface area contributed by atoms with Crippen molar-refractivity contribution < 1.29 is 14.2 Å². The van der Waals surface area contributed by atoms with Gasteiger partial charge in [0.05, 0.1) is 32.4 Å². The van der Waals surface area contributed by atoms with E-state index in [4.69, 9.17) is 14.2 Å². The van der Waals surface area contributed by atoms with Crippen LogP contribution in [0.25, 0.3) is 22.0 Å². The normalized spacial score (nSPS) is 10.6. The topological polar surface area (TPSA) is 60.5 Å². The molecular weight excluding hydrogens is 294 g/mol. The lowest BCUT2D eigenvalue weighted by Gasteiger charge is -2.11. The highest BCUT2D eigenvalue weighted by molar-refractivity contribution is 5.87. The number of aromatic nitrogens is 1. The fourth-order valence-electron chi connectivity index (χ4n) is 2.60. The minimum Gasteiger partial charge on any atom is -0.496 e. The molecule has 0 aliphatic heterocycles. The first-order valence-electron chi connectivity index (χ1n) is 7.10. The summed E-state index contributed by atoms with van der Waals surface area (Å²) in [7, 11) is 4.73. The van der Waals surface area contributed by atoms with Gasteiger partial charge >= 0.3 is 0 Å². The standard InChI is InChI=1S/C18H17NO4/c1-21-15-7-5-4-6-12(15)13-8-11-9-16(22-2)17(23-3)10-14(11)19-18(13)20/h4-10H,1-3H3,(H,19,20). The van der Waals surface area contributed by atoms with E-state index >= 15 is 0 Å².